The van der Waals surface area contributed by atoms with Crippen LogP contribution in [0.3, 0.4) is 0 Å². The predicted molar refractivity (Wildman–Crippen MR) is 117 cm³/mol. The van der Waals surface area contributed by atoms with Crippen LogP contribution in [0.4, 0.5) is 16.2 Å². The van der Waals surface area contributed by atoms with E-state index in [1.807, 2.05) is 26.0 Å². The molecule has 150 valence electrons. The molecule has 0 radical (unpaired) electrons. The van der Waals surface area contributed by atoms with Gasteiger partial charge >= 0.3 is 6.03 Å². The lowest BCUT2D eigenvalue weighted by Gasteiger charge is -2.10. The Balaban J connectivity index is 1.40. The van der Waals surface area contributed by atoms with Gasteiger partial charge in [-0.1, -0.05) is 6.07 Å². The number of carbonyl (C=O) groups excluding carboxylic acids is 2. The number of amides is 3. The van der Waals surface area contributed by atoms with Crippen molar-refractivity contribution in [3.05, 3.63) is 69.7 Å². The Morgan fingerprint density at radius 2 is 1.76 bits per heavy atom. The molecule has 3 amide bonds. The van der Waals surface area contributed by atoms with Crippen LogP contribution in [0.2, 0.25) is 0 Å². The zero-order chi connectivity index (χ0) is 20.4. The Morgan fingerprint density at radius 1 is 1.07 bits per heavy atom. The summed E-state index contributed by atoms with van der Waals surface area (Å²) in [4.78, 5) is 25.9. The average Bonchev–Trinajstić information content (AvgIpc) is 3.26. The molecule has 0 aliphatic heterocycles. The molecule has 4 rings (SSSR count). The molecule has 1 aliphatic rings. The fourth-order valence-corrected chi connectivity index (χ4v) is 3.94. The lowest BCUT2D eigenvalue weighted by molar-refractivity contribution is 0.102. The molecular weight excluding hydrogens is 384 g/mol. The summed E-state index contributed by atoms with van der Waals surface area (Å²) in [6.45, 7) is 4.76. The van der Waals surface area contributed by atoms with Crippen molar-refractivity contribution in [1.82, 2.24) is 9.88 Å². The first-order valence-corrected chi connectivity index (χ1v) is 10.6. The molecule has 1 aromatic carbocycles. The molecule has 7 heteroatoms. The van der Waals surface area contributed by atoms with Crippen LogP contribution < -0.4 is 16.0 Å². The van der Waals surface area contributed by atoms with Gasteiger partial charge in [0, 0.05) is 33.7 Å². The molecule has 0 unspecified atom stereocenters. The minimum atomic E-state index is -0.192. The van der Waals surface area contributed by atoms with Gasteiger partial charge in [-0.15, -0.1) is 11.3 Å². The SMILES string of the molecule is Cc1cc(C(=O)Nc2ccc(NC(=O)NC3CC3)cc2)c(C)n1Cc1cccs1. The van der Waals surface area contributed by atoms with E-state index in [1.165, 1.54) is 4.88 Å². The van der Waals surface area contributed by atoms with Gasteiger partial charge in [0.2, 0.25) is 0 Å². The number of urea groups is 1. The summed E-state index contributed by atoms with van der Waals surface area (Å²) in [6.07, 6.45) is 2.10. The minimum absolute atomic E-state index is 0.136. The number of aromatic nitrogens is 1. The van der Waals surface area contributed by atoms with Gasteiger partial charge in [-0.25, -0.2) is 4.79 Å². The lowest BCUT2D eigenvalue weighted by Crippen LogP contribution is -2.30. The Bertz CT molecular complexity index is 1020. The van der Waals surface area contributed by atoms with Crippen molar-refractivity contribution in [1.29, 1.82) is 0 Å². The Kier molecular flexibility index (Phi) is 5.40. The van der Waals surface area contributed by atoms with Crippen molar-refractivity contribution in [2.24, 2.45) is 0 Å². The monoisotopic (exact) mass is 408 g/mol. The fourth-order valence-electron chi connectivity index (χ4n) is 3.25. The summed E-state index contributed by atoms with van der Waals surface area (Å²) in [5.41, 5.74) is 4.05. The first-order valence-electron chi connectivity index (χ1n) is 9.67. The van der Waals surface area contributed by atoms with Gasteiger partial charge in [0.1, 0.15) is 0 Å². The third kappa shape index (κ3) is 4.68. The van der Waals surface area contributed by atoms with Crippen LogP contribution in [0.25, 0.3) is 0 Å². The largest absolute Gasteiger partial charge is 0.343 e. The van der Waals surface area contributed by atoms with E-state index >= 15 is 0 Å². The molecule has 1 fully saturated rings. The van der Waals surface area contributed by atoms with E-state index in [1.54, 1.807) is 35.6 Å². The second-order valence-electron chi connectivity index (χ2n) is 7.35. The molecule has 3 N–H and O–H groups in total. The smallest absolute Gasteiger partial charge is 0.319 e. The van der Waals surface area contributed by atoms with Crippen molar-refractivity contribution in [2.45, 2.75) is 39.3 Å². The lowest BCUT2D eigenvalue weighted by atomic mass is 10.2. The summed E-state index contributed by atoms with van der Waals surface area (Å²) >= 11 is 1.71. The number of thiophene rings is 1. The van der Waals surface area contributed by atoms with Crippen molar-refractivity contribution >= 4 is 34.6 Å². The summed E-state index contributed by atoms with van der Waals surface area (Å²) in [5, 5.41) is 10.7. The zero-order valence-corrected chi connectivity index (χ0v) is 17.3. The van der Waals surface area contributed by atoms with E-state index < -0.39 is 0 Å². The first kappa shape index (κ1) is 19.3. The second-order valence-corrected chi connectivity index (χ2v) is 8.39. The third-order valence-electron chi connectivity index (χ3n) is 5.03. The maximum Gasteiger partial charge on any atom is 0.319 e. The normalized spacial score (nSPS) is 13.2. The van der Waals surface area contributed by atoms with Crippen LogP contribution in [-0.2, 0) is 6.54 Å². The summed E-state index contributed by atoms with van der Waals surface area (Å²) in [7, 11) is 0. The molecular formula is C22H24N4O2S. The van der Waals surface area contributed by atoms with E-state index in [-0.39, 0.29) is 11.9 Å². The van der Waals surface area contributed by atoms with Crippen molar-refractivity contribution in [3.63, 3.8) is 0 Å². The van der Waals surface area contributed by atoms with Gasteiger partial charge in [0.25, 0.3) is 5.91 Å². The summed E-state index contributed by atoms with van der Waals surface area (Å²) < 4.78 is 2.16. The average molecular weight is 409 g/mol. The topological polar surface area (TPSA) is 75.2 Å². The Morgan fingerprint density at radius 3 is 2.38 bits per heavy atom. The molecule has 1 aliphatic carbocycles. The maximum atomic E-state index is 12.8. The van der Waals surface area contributed by atoms with Crippen LogP contribution in [0.5, 0.6) is 0 Å². The highest BCUT2D eigenvalue weighted by molar-refractivity contribution is 7.09. The van der Waals surface area contributed by atoms with Crippen molar-refractivity contribution in [3.8, 4) is 0 Å². The van der Waals surface area contributed by atoms with E-state index in [0.29, 0.717) is 23.0 Å². The highest BCUT2D eigenvalue weighted by atomic mass is 32.1. The van der Waals surface area contributed by atoms with Crippen molar-refractivity contribution in [2.75, 3.05) is 10.6 Å². The van der Waals surface area contributed by atoms with Gasteiger partial charge in [-0.2, -0.15) is 0 Å². The van der Waals surface area contributed by atoms with Crippen molar-refractivity contribution < 1.29 is 9.59 Å². The number of rotatable bonds is 6. The quantitative estimate of drug-likeness (QED) is 0.550. The van der Waals surface area contributed by atoms with Crippen LogP contribution in [0.15, 0.2) is 47.8 Å². The van der Waals surface area contributed by atoms with Crippen LogP contribution in [0.1, 0.15) is 39.5 Å². The zero-order valence-electron chi connectivity index (χ0n) is 16.5. The molecule has 0 bridgehead atoms. The molecule has 0 saturated heterocycles. The van der Waals surface area contributed by atoms with E-state index in [0.717, 1.165) is 30.8 Å². The molecule has 2 heterocycles. The number of nitrogens with one attached hydrogen (secondary N) is 3. The molecule has 0 spiro atoms. The maximum absolute atomic E-state index is 12.8. The fraction of sp³-hybridized carbons (Fsp3) is 0.273. The molecule has 1 saturated carbocycles. The summed E-state index contributed by atoms with van der Waals surface area (Å²) in [5.74, 6) is -0.136. The van der Waals surface area contributed by atoms with E-state index in [9.17, 15) is 9.59 Å². The van der Waals surface area contributed by atoms with Gasteiger partial charge in [0.05, 0.1) is 12.1 Å². The first-order chi connectivity index (χ1) is 14.0. The Hall–Kier alpha value is -3.06. The highest BCUT2D eigenvalue weighted by Crippen LogP contribution is 2.22. The molecule has 29 heavy (non-hydrogen) atoms. The van der Waals surface area contributed by atoms with Crippen LogP contribution in [-0.4, -0.2) is 22.5 Å². The van der Waals surface area contributed by atoms with Crippen LogP contribution in [0, 0.1) is 13.8 Å². The van der Waals surface area contributed by atoms with Gasteiger partial charge in [-0.3, -0.25) is 4.79 Å². The van der Waals surface area contributed by atoms with Crippen LogP contribution >= 0.6 is 11.3 Å². The number of aryl methyl sites for hydroxylation is 1. The predicted octanol–water partition coefficient (Wildman–Crippen LogP) is 4.75. The summed E-state index contributed by atoms with van der Waals surface area (Å²) in [6, 6.07) is 13.3. The number of anilines is 2. The van der Waals surface area contributed by atoms with E-state index in [4.69, 9.17) is 0 Å². The standard InChI is InChI=1S/C22H24N4O2S/c1-14-12-20(15(2)26(14)13-19-4-3-11-29-19)21(27)23-16-5-7-17(8-6-16)24-22(28)25-18-9-10-18/h3-8,11-12,18H,9-10,13H2,1-2H3,(H,23,27)(H2,24,25,28). The second kappa shape index (κ2) is 8.13. The molecule has 3 aromatic rings. The number of nitrogens with zero attached hydrogens (tertiary/aromatic N) is 1. The van der Waals surface area contributed by atoms with Gasteiger partial charge in [-0.05, 0) is 68.5 Å². The Labute approximate surface area is 173 Å². The number of carbonyl (C=O) groups is 2. The third-order valence-corrected chi connectivity index (χ3v) is 5.89. The number of hydrogen-bond acceptors (Lipinski definition) is 3. The number of hydrogen-bond donors (Lipinski definition) is 3. The van der Waals surface area contributed by atoms with E-state index in [2.05, 4.69) is 32.0 Å². The molecule has 0 atom stereocenters. The minimum Gasteiger partial charge on any atom is -0.343 e. The highest BCUT2D eigenvalue weighted by Gasteiger charge is 2.23. The van der Waals surface area contributed by atoms with Gasteiger partial charge < -0.3 is 20.5 Å². The van der Waals surface area contributed by atoms with Gasteiger partial charge in [0.15, 0.2) is 0 Å². The molecule has 6 nitrogen and oxygen atoms in total. The molecule has 2 aromatic heterocycles. The number of benzene rings is 1.